The van der Waals surface area contributed by atoms with Gasteiger partial charge in [-0.25, -0.2) is 0 Å². The maximum absolute atomic E-state index is 10.7. The fraction of sp³-hybridized carbons (Fsp3) is 0.533. The normalized spacial score (nSPS) is 21.2. The first kappa shape index (κ1) is 13.9. The van der Waals surface area contributed by atoms with Gasteiger partial charge in [0.2, 0.25) is 0 Å². The number of carbonyl (C=O) groups is 1. The van der Waals surface area contributed by atoms with Gasteiger partial charge in [-0.1, -0.05) is 12.1 Å². The van der Waals surface area contributed by atoms with E-state index in [9.17, 15) is 4.79 Å². The number of benzene rings is 1. The summed E-state index contributed by atoms with van der Waals surface area (Å²) in [7, 11) is 0. The van der Waals surface area contributed by atoms with Gasteiger partial charge in [-0.3, -0.25) is 4.79 Å². The zero-order chi connectivity index (χ0) is 13.8. The molecule has 0 spiro atoms. The lowest BCUT2D eigenvalue weighted by atomic mass is 10.1. The number of carboxylic acid groups (broad SMARTS) is 1. The highest BCUT2D eigenvalue weighted by Gasteiger charge is 2.42. The highest BCUT2D eigenvalue weighted by Crippen LogP contribution is 2.37. The predicted molar refractivity (Wildman–Crippen MR) is 73.3 cm³/mol. The number of carboxylic acids is 1. The van der Waals surface area contributed by atoms with Gasteiger partial charge in [0.15, 0.2) is 0 Å². The van der Waals surface area contributed by atoms with Crippen molar-refractivity contribution < 1.29 is 14.6 Å². The summed E-state index contributed by atoms with van der Waals surface area (Å²) in [5, 5.41) is 12.1. The Hall–Kier alpha value is -1.55. The third-order valence-electron chi connectivity index (χ3n) is 3.51. The molecule has 1 aromatic rings. The maximum atomic E-state index is 10.7. The summed E-state index contributed by atoms with van der Waals surface area (Å²) in [6.07, 6.45) is 0.810. The second kappa shape index (κ2) is 6.06. The molecule has 0 radical (unpaired) electrons. The van der Waals surface area contributed by atoms with Gasteiger partial charge in [-0.2, -0.15) is 0 Å². The number of ether oxygens (including phenoxy) is 1. The monoisotopic (exact) mass is 263 g/mol. The first-order valence-electron chi connectivity index (χ1n) is 6.77. The van der Waals surface area contributed by atoms with E-state index in [1.165, 1.54) is 5.56 Å². The van der Waals surface area contributed by atoms with Gasteiger partial charge in [0, 0.05) is 6.54 Å². The number of hydrogen-bond donors (Lipinski definition) is 2. The summed E-state index contributed by atoms with van der Waals surface area (Å²) in [5.74, 6) is 0.443. The van der Waals surface area contributed by atoms with Gasteiger partial charge in [0.1, 0.15) is 5.75 Å². The summed E-state index contributed by atoms with van der Waals surface area (Å²) in [5.41, 5.74) is 2.34. The van der Waals surface area contributed by atoms with E-state index in [0.717, 1.165) is 30.8 Å². The van der Waals surface area contributed by atoms with Crippen LogP contribution in [0.3, 0.4) is 0 Å². The molecule has 0 aromatic heterocycles. The average molecular weight is 263 g/mol. The summed E-state index contributed by atoms with van der Waals surface area (Å²) in [4.78, 5) is 10.7. The van der Waals surface area contributed by atoms with Crippen molar-refractivity contribution in [3.05, 3.63) is 29.3 Å². The minimum absolute atomic E-state index is 0.130. The second-order valence-electron chi connectivity index (χ2n) is 5.10. The van der Waals surface area contributed by atoms with E-state index in [1.54, 1.807) is 0 Å². The molecule has 0 bridgehead atoms. The molecule has 0 amide bonds. The van der Waals surface area contributed by atoms with Crippen LogP contribution in [0.15, 0.2) is 18.2 Å². The van der Waals surface area contributed by atoms with E-state index in [2.05, 4.69) is 11.4 Å². The Morgan fingerprint density at radius 1 is 1.53 bits per heavy atom. The third kappa shape index (κ3) is 3.70. The van der Waals surface area contributed by atoms with E-state index >= 15 is 0 Å². The van der Waals surface area contributed by atoms with Crippen molar-refractivity contribution in [1.82, 2.24) is 5.32 Å². The molecule has 0 heterocycles. The molecule has 4 nitrogen and oxygen atoms in total. The van der Waals surface area contributed by atoms with Crippen LogP contribution in [0.1, 0.15) is 24.5 Å². The van der Waals surface area contributed by atoms with Crippen LogP contribution in [-0.4, -0.2) is 24.2 Å². The maximum Gasteiger partial charge on any atom is 0.306 e. The molecule has 2 atom stereocenters. The Balaban J connectivity index is 1.77. The third-order valence-corrected chi connectivity index (χ3v) is 3.51. The number of rotatable bonds is 7. The van der Waals surface area contributed by atoms with E-state index in [0.29, 0.717) is 12.5 Å². The van der Waals surface area contributed by atoms with Crippen LogP contribution in [0.2, 0.25) is 0 Å². The lowest BCUT2D eigenvalue weighted by Crippen LogP contribution is -2.18. The molecule has 1 saturated carbocycles. The predicted octanol–water partition coefficient (Wildman–Crippen LogP) is 2.20. The Kier molecular flexibility index (Phi) is 4.43. The molecular weight excluding hydrogens is 242 g/mol. The van der Waals surface area contributed by atoms with Crippen LogP contribution in [-0.2, 0) is 11.3 Å². The molecular formula is C15H21NO3. The standard InChI is InChI=1S/C15H21NO3/c1-3-19-14-5-4-11(6-10(14)2)8-16-9-12-7-13(12)15(17)18/h4-6,12-13,16H,3,7-9H2,1-2H3,(H,17,18). The van der Waals surface area contributed by atoms with Crippen molar-refractivity contribution >= 4 is 5.97 Å². The van der Waals surface area contributed by atoms with Gasteiger partial charge >= 0.3 is 5.97 Å². The molecule has 2 unspecified atom stereocenters. The Bertz CT molecular complexity index is 459. The molecule has 2 rings (SSSR count). The highest BCUT2D eigenvalue weighted by atomic mass is 16.5. The zero-order valence-corrected chi connectivity index (χ0v) is 11.5. The Morgan fingerprint density at radius 3 is 2.89 bits per heavy atom. The van der Waals surface area contributed by atoms with Crippen LogP contribution in [0.4, 0.5) is 0 Å². The van der Waals surface area contributed by atoms with Crippen molar-refractivity contribution in [2.75, 3.05) is 13.2 Å². The molecule has 0 aliphatic heterocycles. The first-order chi connectivity index (χ1) is 9.11. The highest BCUT2D eigenvalue weighted by molar-refractivity contribution is 5.73. The minimum Gasteiger partial charge on any atom is -0.494 e. The molecule has 4 heteroatoms. The van der Waals surface area contributed by atoms with Crippen molar-refractivity contribution in [2.24, 2.45) is 11.8 Å². The quantitative estimate of drug-likeness (QED) is 0.792. The molecule has 104 valence electrons. The largest absolute Gasteiger partial charge is 0.494 e. The van der Waals surface area contributed by atoms with Gasteiger partial charge < -0.3 is 15.2 Å². The van der Waals surface area contributed by atoms with E-state index < -0.39 is 5.97 Å². The van der Waals surface area contributed by atoms with Crippen LogP contribution < -0.4 is 10.1 Å². The van der Waals surface area contributed by atoms with E-state index in [4.69, 9.17) is 9.84 Å². The van der Waals surface area contributed by atoms with Crippen molar-refractivity contribution in [1.29, 1.82) is 0 Å². The number of nitrogens with one attached hydrogen (secondary N) is 1. The topological polar surface area (TPSA) is 58.6 Å². The molecule has 2 N–H and O–H groups in total. The van der Waals surface area contributed by atoms with Crippen LogP contribution >= 0.6 is 0 Å². The second-order valence-corrected chi connectivity index (χ2v) is 5.10. The lowest BCUT2D eigenvalue weighted by molar-refractivity contribution is -0.138. The Labute approximate surface area is 113 Å². The first-order valence-corrected chi connectivity index (χ1v) is 6.77. The molecule has 0 saturated heterocycles. The van der Waals surface area contributed by atoms with Crippen molar-refractivity contribution in [2.45, 2.75) is 26.8 Å². The average Bonchev–Trinajstić information content (AvgIpc) is 3.12. The smallest absolute Gasteiger partial charge is 0.306 e. The summed E-state index contributed by atoms with van der Waals surface area (Å²) in [6.45, 7) is 6.25. The molecule has 1 aliphatic rings. The molecule has 1 fully saturated rings. The lowest BCUT2D eigenvalue weighted by Gasteiger charge is -2.09. The van der Waals surface area contributed by atoms with E-state index in [-0.39, 0.29) is 5.92 Å². The zero-order valence-electron chi connectivity index (χ0n) is 11.5. The number of aliphatic carboxylic acids is 1. The van der Waals surface area contributed by atoms with Crippen molar-refractivity contribution in [3.63, 3.8) is 0 Å². The van der Waals surface area contributed by atoms with Gasteiger partial charge in [-0.15, -0.1) is 0 Å². The van der Waals surface area contributed by atoms with Crippen LogP contribution in [0.25, 0.3) is 0 Å². The fourth-order valence-corrected chi connectivity index (χ4v) is 2.32. The van der Waals surface area contributed by atoms with Gasteiger partial charge in [0.25, 0.3) is 0 Å². The summed E-state index contributed by atoms with van der Waals surface area (Å²) < 4.78 is 5.50. The Morgan fingerprint density at radius 2 is 2.32 bits per heavy atom. The van der Waals surface area contributed by atoms with Gasteiger partial charge in [0.05, 0.1) is 12.5 Å². The van der Waals surface area contributed by atoms with Gasteiger partial charge in [-0.05, 0) is 49.9 Å². The van der Waals surface area contributed by atoms with Crippen LogP contribution in [0, 0.1) is 18.8 Å². The molecule has 1 aromatic carbocycles. The van der Waals surface area contributed by atoms with Crippen LogP contribution in [0.5, 0.6) is 5.75 Å². The minimum atomic E-state index is -0.663. The SMILES string of the molecule is CCOc1ccc(CNCC2CC2C(=O)O)cc1C. The summed E-state index contributed by atoms with van der Waals surface area (Å²) >= 11 is 0. The number of hydrogen-bond acceptors (Lipinski definition) is 3. The molecule has 19 heavy (non-hydrogen) atoms. The molecule has 1 aliphatic carbocycles. The summed E-state index contributed by atoms with van der Waals surface area (Å²) in [6, 6.07) is 6.15. The number of aryl methyl sites for hydroxylation is 1. The van der Waals surface area contributed by atoms with Crippen molar-refractivity contribution in [3.8, 4) is 5.75 Å². The fourth-order valence-electron chi connectivity index (χ4n) is 2.32. The van der Waals surface area contributed by atoms with E-state index in [1.807, 2.05) is 26.0 Å².